The first-order chi connectivity index (χ1) is 30.3. The second-order valence-electron chi connectivity index (χ2n) is 15.8. The minimum Gasteiger partial charge on any atom is 0 e. The zero-order chi connectivity index (χ0) is 44.4. The van der Waals surface area contributed by atoms with Gasteiger partial charge in [-0.3, -0.25) is 0 Å². The molecule has 0 N–H and O–H groups in total. The van der Waals surface area contributed by atoms with Crippen LogP contribution in [0.2, 0.25) is 17.3 Å². The SMILES string of the molecule is [2H]C(CC)(CC)c1ccnc(-c2[c-]cc3sc4cc(-c5ccccc5)cc(-c5ccccc5)c4c3c2)c1.[2H]C([2H])([2H])c1c[c-]c(-c2cc[c]([Ge]([CH3])([CH3])[CH3])cn2)cc1-c1ccccc1.[Ir]. The zero-order valence-corrected chi connectivity index (χ0v) is 39.9. The molecule has 0 aliphatic carbocycles. The third kappa shape index (κ3) is 9.49. The van der Waals surface area contributed by atoms with Crippen LogP contribution in [0, 0.1) is 19.0 Å². The van der Waals surface area contributed by atoms with Gasteiger partial charge in [0.15, 0.2) is 0 Å². The summed E-state index contributed by atoms with van der Waals surface area (Å²) in [6.07, 6.45) is 5.34. The number of thiophene rings is 1. The number of nitrogens with zero attached hydrogens (tertiary/aromatic N) is 2. The zero-order valence-electron chi connectivity index (χ0n) is 38.6. The fourth-order valence-corrected chi connectivity index (χ4v) is 10.9. The molecule has 0 spiro atoms. The third-order valence-corrected chi connectivity index (χ3v) is 16.3. The van der Waals surface area contributed by atoms with Crippen LogP contribution in [0.1, 0.15) is 49.2 Å². The van der Waals surface area contributed by atoms with Gasteiger partial charge in [0, 0.05) is 32.4 Å². The summed E-state index contributed by atoms with van der Waals surface area (Å²) >= 11 is -0.0890. The third-order valence-electron chi connectivity index (χ3n) is 10.9. The molecular weight excluding hydrogens is 986 g/mol. The van der Waals surface area contributed by atoms with Gasteiger partial charge in [-0.05, 0) is 75.0 Å². The normalized spacial score (nSPS) is 12.7. The van der Waals surface area contributed by atoms with E-state index >= 15 is 0 Å². The maximum atomic E-state index is 8.91. The van der Waals surface area contributed by atoms with Crippen LogP contribution in [0.25, 0.3) is 76.1 Å². The monoisotopic (exact) mass is 1040 g/mol. The molecule has 60 heavy (non-hydrogen) atoms. The summed E-state index contributed by atoms with van der Waals surface area (Å²) in [4.78, 5) is 9.30. The molecule has 0 aliphatic rings. The first kappa shape index (κ1) is 38.0. The second-order valence-corrected chi connectivity index (χ2v) is 27.6. The number of aromatic nitrogens is 2. The van der Waals surface area contributed by atoms with Crippen LogP contribution in [0.5, 0.6) is 0 Å². The number of hydrogen-bond acceptors (Lipinski definition) is 3. The van der Waals surface area contributed by atoms with Crippen molar-refractivity contribution in [2.75, 3.05) is 0 Å². The predicted molar refractivity (Wildman–Crippen MR) is 257 cm³/mol. The minimum atomic E-state index is -2.18. The van der Waals surface area contributed by atoms with Gasteiger partial charge in [0.1, 0.15) is 0 Å². The second kappa shape index (κ2) is 19.2. The van der Waals surface area contributed by atoms with Crippen molar-refractivity contribution < 1.29 is 25.6 Å². The summed E-state index contributed by atoms with van der Waals surface area (Å²) in [5, 5.41) is 2.50. The Balaban J connectivity index is 0.000000201. The summed E-state index contributed by atoms with van der Waals surface area (Å²) in [6, 6.07) is 58.2. The Morgan fingerprint density at radius 1 is 0.633 bits per heavy atom. The van der Waals surface area contributed by atoms with Crippen LogP contribution < -0.4 is 4.40 Å². The fraction of sp³-hybridized carbons (Fsp3) is 0.164. The summed E-state index contributed by atoms with van der Waals surface area (Å²) in [5.74, 6) is 6.41. The first-order valence-electron chi connectivity index (χ1n) is 22.3. The predicted octanol–water partition coefficient (Wildman–Crippen LogP) is 15.2. The smallest absolute Gasteiger partial charge is 0 e. The van der Waals surface area contributed by atoms with Gasteiger partial charge < -0.3 is 4.98 Å². The molecule has 2 nitrogen and oxygen atoms in total. The average Bonchev–Trinajstić information content (AvgIpc) is 3.69. The van der Waals surface area contributed by atoms with E-state index in [0.29, 0.717) is 11.1 Å². The van der Waals surface area contributed by atoms with E-state index in [1.807, 2.05) is 72.3 Å². The number of pyridine rings is 2. The van der Waals surface area contributed by atoms with Crippen molar-refractivity contribution >= 4 is 49.2 Å². The number of hydrogen-bond donors (Lipinski definition) is 0. The van der Waals surface area contributed by atoms with Crippen LogP contribution in [0.15, 0.2) is 164 Å². The molecule has 9 aromatic rings. The molecule has 301 valence electrons. The molecule has 6 aromatic carbocycles. The van der Waals surface area contributed by atoms with Gasteiger partial charge in [0.2, 0.25) is 0 Å². The molecule has 3 heterocycles. The van der Waals surface area contributed by atoms with Crippen molar-refractivity contribution in [3.63, 3.8) is 0 Å². The summed E-state index contributed by atoms with van der Waals surface area (Å²) < 4.78 is 36.3. The Kier molecular flexibility index (Phi) is 12.1. The summed E-state index contributed by atoms with van der Waals surface area (Å²) in [6.45, 7) is 1.99. The molecule has 0 fully saturated rings. The van der Waals surface area contributed by atoms with E-state index in [2.05, 4.69) is 150 Å². The average molecular weight is 1040 g/mol. The largest absolute Gasteiger partial charge is 0 e. The van der Waals surface area contributed by atoms with E-state index in [1.165, 1.54) is 46.8 Å². The topological polar surface area (TPSA) is 25.8 Å². The Bertz CT molecular complexity index is 3000. The van der Waals surface area contributed by atoms with Crippen LogP contribution in [-0.2, 0) is 20.1 Å². The van der Waals surface area contributed by atoms with Gasteiger partial charge >= 0.3 is 146 Å². The molecule has 0 saturated heterocycles. The molecule has 0 bridgehead atoms. The molecule has 0 atom stereocenters. The molecule has 9 rings (SSSR count). The van der Waals surface area contributed by atoms with Crippen LogP contribution >= 0.6 is 11.3 Å². The molecule has 1 radical (unpaired) electrons. The first-order valence-corrected chi connectivity index (χ1v) is 28.5. The molecule has 0 unspecified atom stereocenters. The number of aryl methyl sites for hydroxylation is 1. The summed E-state index contributed by atoms with van der Waals surface area (Å²) in [5.41, 5.74) is 11.3. The van der Waals surface area contributed by atoms with Gasteiger partial charge in [0.25, 0.3) is 0 Å². The molecule has 3 aromatic heterocycles. The van der Waals surface area contributed by atoms with Gasteiger partial charge in [0.05, 0.1) is 0 Å². The number of fused-ring (bicyclic) bond motifs is 3. The Hall–Kier alpha value is -4.97. The van der Waals surface area contributed by atoms with Gasteiger partial charge in [-0.15, -0.1) is 23.8 Å². The van der Waals surface area contributed by atoms with E-state index < -0.39 is 26.0 Å². The maximum absolute atomic E-state index is 8.91. The van der Waals surface area contributed by atoms with Crippen molar-refractivity contribution in [2.24, 2.45) is 0 Å². The van der Waals surface area contributed by atoms with E-state index in [9.17, 15) is 0 Å². The number of benzene rings is 6. The molecule has 5 heteroatoms. The van der Waals surface area contributed by atoms with Gasteiger partial charge in [-0.25, -0.2) is 0 Å². The van der Waals surface area contributed by atoms with Crippen molar-refractivity contribution in [3.8, 4) is 55.9 Å². The van der Waals surface area contributed by atoms with E-state index in [0.717, 1.165) is 46.5 Å². The van der Waals surface area contributed by atoms with E-state index in [-0.39, 0.29) is 20.1 Å². The van der Waals surface area contributed by atoms with Crippen LogP contribution in [0.3, 0.4) is 0 Å². The quantitative estimate of drug-likeness (QED) is 0.106. The van der Waals surface area contributed by atoms with Crippen molar-refractivity contribution in [3.05, 3.63) is 187 Å². The molecule has 0 saturated carbocycles. The standard InChI is InChI=1S/C34H28NS.C21H22GeN.Ir/c1-3-23(4-2)26-17-18-35-31(21-26)27-15-16-32-30(19-27)34-29(25-13-9-6-10-14-25)20-28(22-33(34)36-32)24-11-7-5-8-12-24;1-16-10-11-18(14-20(16)17-8-6-5-7-9-17)21-13-12-19(15-23-21)22(2,3)4;/h5-14,16-23H,3-4H2,1-2H3;5-10,12-15H,1-4H3;/q2*-1;/i23D;1D3;. The number of rotatable bonds is 9. The van der Waals surface area contributed by atoms with Crippen LogP contribution in [0.4, 0.5) is 0 Å². The minimum absolute atomic E-state index is 0. The molecule has 0 amide bonds. The van der Waals surface area contributed by atoms with Gasteiger partial charge in [-0.2, -0.15) is 11.3 Å². The fourth-order valence-electron chi connectivity index (χ4n) is 7.59. The van der Waals surface area contributed by atoms with Crippen molar-refractivity contribution in [2.45, 2.75) is 56.7 Å². The Morgan fingerprint density at radius 2 is 1.27 bits per heavy atom. The molecule has 0 aliphatic heterocycles. The van der Waals surface area contributed by atoms with Crippen molar-refractivity contribution in [1.82, 2.24) is 9.97 Å². The maximum Gasteiger partial charge on any atom is 0 e. The van der Waals surface area contributed by atoms with E-state index in [4.69, 9.17) is 5.48 Å². The molecular formula is C55H50GeIrN2S-2. The Morgan fingerprint density at radius 3 is 1.88 bits per heavy atom. The van der Waals surface area contributed by atoms with E-state index in [1.54, 1.807) is 6.07 Å². The van der Waals surface area contributed by atoms with Crippen molar-refractivity contribution in [1.29, 1.82) is 0 Å². The van der Waals surface area contributed by atoms with Gasteiger partial charge in [-0.1, -0.05) is 91.5 Å². The van der Waals surface area contributed by atoms with Crippen LogP contribution in [-0.4, -0.2) is 23.2 Å². The Labute approximate surface area is 382 Å². The summed E-state index contributed by atoms with van der Waals surface area (Å²) in [7, 11) is 0.